The quantitative estimate of drug-likeness (QED) is 0.720. The maximum atomic E-state index is 12.2. The van der Waals surface area contributed by atoms with Crippen LogP contribution in [0.5, 0.6) is 6.08 Å². The SMILES string of the molecule is CCCc1cccc2nc(OCc3ccccc3)oc(=O)c12. The Hall–Kier alpha value is -2.62. The average molecular weight is 295 g/mol. The van der Waals surface area contributed by atoms with Gasteiger partial charge in [0, 0.05) is 0 Å². The predicted molar refractivity (Wildman–Crippen MR) is 85.0 cm³/mol. The summed E-state index contributed by atoms with van der Waals surface area (Å²) in [6, 6.07) is 15.3. The van der Waals surface area contributed by atoms with Crippen LogP contribution < -0.4 is 10.4 Å². The van der Waals surface area contributed by atoms with Crippen molar-refractivity contribution in [1.29, 1.82) is 0 Å². The summed E-state index contributed by atoms with van der Waals surface area (Å²) < 4.78 is 10.7. The molecule has 0 N–H and O–H groups in total. The number of fused-ring (bicyclic) bond motifs is 1. The van der Waals surface area contributed by atoms with Crippen molar-refractivity contribution in [2.45, 2.75) is 26.4 Å². The summed E-state index contributed by atoms with van der Waals surface area (Å²) >= 11 is 0. The first-order valence-electron chi connectivity index (χ1n) is 7.37. The maximum absolute atomic E-state index is 12.2. The molecule has 0 unspecified atom stereocenters. The van der Waals surface area contributed by atoms with Crippen LogP contribution in [0.4, 0.5) is 0 Å². The van der Waals surface area contributed by atoms with Crippen molar-refractivity contribution in [3.63, 3.8) is 0 Å². The number of hydrogen-bond donors (Lipinski definition) is 0. The highest BCUT2D eigenvalue weighted by molar-refractivity contribution is 5.80. The lowest BCUT2D eigenvalue weighted by atomic mass is 10.1. The van der Waals surface area contributed by atoms with E-state index in [0.29, 0.717) is 17.5 Å². The third kappa shape index (κ3) is 3.01. The van der Waals surface area contributed by atoms with Crippen LogP contribution in [0.2, 0.25) is 0 Å². The van der Waals surface area contributed by atoms with Gasteiger partial charge in [-0.25, -0.2) is 4.79 Å². The van der Waals surface area contributed by atoms with Crippen LogP contribution in [0.3, 0.4) is 0 Å². The molecule has 0 saturated heterocycles. The van der Waals surface area contributed by atoms with Gasteiger partial charge in [-0.1, -0.05) is 55.8 Å². The summed E-state index contributed by atoms with van der Waals surface area (Å²) in [4.78, 5) is 16.5. The van der Waals surface area contributed by atoms with E-state index in [9.17, 15) is 4.79 Å². The monoisotopic (exact) mass is 295 g/mol. The van der Waals surface area contributed by atoms with E-state index in [1.54, 1.807) is 6.07 Å². The molecule has 4 heteroatoms. The normalized spacial score (nSPS) is 10.8. The van der Waals surface area contributed by atoms with Crippen LogP contribution >= 0.6 is 0 Å². The van der Waals surface area contributed by atoms with E-state index in [-0.39, 0.29) is 6.08 Å². The molecule has 4 nitrogen and oxygen atoms in total. The zero-order valence-corrected chi connectivity index (χ0v) is 12.4. The second-order valence-electron chi connectivity index (χ2n) is 5.10. The molecule has 0 aliphatic carbocycles. The second-order valence-corrected chi connectivity index (χ2v) is 5.10. The molecule has 0 amide bonds. The fraction of sp³-hybridized carbons (Fsp3) is 0.222. The van der Waals surface area contributed by atoms with Gasteiger partial charge in [0.15, 0.2) is 0 Å². The third-order valence-electron chi connectivity index (χ3n) is 3.45. The fourth-order valence-corrected chi connectivity index (χ4v) is 2.43. The van der Waals surface area contributed by atoms with Gasteiger partial charge in [0.25, 0.3) is 0 Å². The van der Waals surface area contributed by atoms with E-state index >= 15 is 0 Å². The molecule has 2 aromatic carbocycles. The standard InChI is InChI=1S/C18H17NO3/c1-2-7-14-10-6-11-15-16(14)17(20)22-18(19-15)21-12-13-8-4-3-5-9-13/h3-6,8-11H,2,7,12H2,1H3. The Balaban J connectivity index is 1.91. The van der Waals surface area contributed by atoms with Crippen LogP contribution in [0.25, 0.3) is 10.9 Å². The number of rotatable bonds is 5. The molecule has 112 valence electrons. The van der Waals surface area contributed by atoms with E-state index < -0.39 is 5.63 Å². The molecule has 3 rings (SSSR count). The molecule has 0 spiro atoms. The van der Waals surface area contributed by atoms with Crippen LogP contribution in [-0.4, -0.2) is 4.98 Å². The Labute approximate surface area is 128 Å². The molecule has 0 fully saturated rings. The number of hydrogen-bond acceptors (Lipinski definition) is 4. The van der Waals surface area contributed by atoms with Crippen molar-refractivity contribution in [2.75, 3.05) is 0 Å². The first kappa shape index (κ1) is 14.3. The summed E-state index contributed by atoms with van der Waals surface area (Å²) in [5.74, 6) is 0. The Bertz CT molecular complexity index is 825. The highest BCUT2D eigenvalue weighted by Gasteiger charge is 2.11. The first-order valence-corrected chi connectivity index (χ1v) is 7.37. The maximum Gasteiger partial charge on any atom is 0.397 e. The van der Waals surface area contributed by atoms with Gasteiger partial charge in [0.1, 0.15) is 6.61 Å². The van der Waals surface area contributed by atoms with E-state index in [2.05, 4.69) is 11.9 Å². The smallest absolute Gasteiger partial charge is 0.397 e. The van der Waals surface area contributed by atoms with Crippen molar-refractivity contribution < 1.29 is 9.15 Å². The molecule has 1 aromatic heterocycles. The van der Waals surface area contributed by atoms with Crippen LogP contribution in [0.15, 0.2) is 57.7 Å². The molecule has 0 radical (unpaired) electrons. The first-order chi connectivity index (χ1) is 10.8. The number of ether oxygens (including phenoxy) is 1. The minimum atomic E-state index is -0.392. The van der Waals surface area contributed by atoms with Crippen molar-refractivity contribution in [1.82, 2.24) is 4.98 Å². The molecular weight excluding hydrogens is 278 g/mol. The van der Waals surface area contributed by atoms with Crippen LogP contribution in [-0.2, 0) is 13.0 Å². The molecule has 0 atom stereocenters. The Morgan fingerprint density at radius 2 is 1.91 bits per heavy atom. The summed E-state index contributed by atoms with van der Waals surface area (Å²) in [5.41, 5.74) is 2.19. The Morgan fingerprint density at radius 1 is 1.09 bits per heavy atom. The lowest BCUT2D eigenvalue weighted by Crippen LogP contribution is -2.07. The largest absolute Gasteiger partial charge is 0.445 e. The Kier molecular flexibility index (Phi) is 4.19. The van der Waals surface area contributed by atoms with Crippen molar-refractivity contribution in [2.24, 2.45) is 0 Å². The summed E-state index contributed by atoms with van der Waals surface area (Å²) in [5, 5.41) is 0.552. The minimum absolute atomic E-state index is 0.00926. The van der Waals surface area contributed by atoms with Gasteiger partial charge in [-0.05, 0) is 23.6 Å². The van der Waals surface area contributed by atoms with Gasteiger partial charge in [-0.15, -0.1) is 0 Å². The van der Waals surface area contributed by atoms with Gasteiger partial charge in [-0.3, -0.25) is 0 Å². The number of aromatic nitrogens is 1. The zero-order valence-electron chi connectivity index (χ0n) is 12.4. The van der Waals surface area contributed by atoms with Gasteiger partial charge in [-0.2, -0.15) is 4.98 Å². The lowest BCUT2D eigenvalue weighted by Gasteiger charge is -2.06. The van der Waals surface area contributed by atoms with Gasteiger partial charge in [0.05, 0.1) is 10.9 Å². The van der Waals surface area contributed by atoms with E-state index in [1.807, 2.05) is 42.5 Å². The highest BCUT2D eigenvalue weighted by Crippen LogP contribution is 2.18. The number of benzene rings is 2. The molecule has 0 aliphatic heterocycles. The highest BCUT2D eigenvalue weighted by atomic mass is 16.6. The number of nitrogens with zero attached hydrogens (tertiary/aromatic N) is 1. The van der Waals surface area contributed by atoms with E-state index in [0.717, 1.165) is 24.0 Å². The Morgan fingerprint density at radius 3 is 2.68 bits per heavy atom. The topological polar surface area (TPSA) is 52.3 Å². The van der Waals surface area contributed by atoms with E-state index in [4.69, 9.17) is 9.15 Å². The average Bonchev–Trinajstić information content (AvgIpc) is 2.54. The molecule has 1 heterocycles. The summed E-state index contributed by atoms with van der Waals surface area (Å²) in [6.45, 7) is 2.39. The fourth-order valence-electron chi connectivity index (χ4n) is 2.43. The van der Waals surface area contributed by atoms with Gasteiger partial charge >= 0.3 is 11.7 Å². The number of aryl methyl sites for hydroxylation is 1. The predicted octanol–water partition coefficient (Wildman–Crippen LogP) is 3.72. The van der Waals surface area contributed by atoms with Crippen molar-refractivity contribution in [3.8, 4) is 6.08 Å². The molecule has 0 saturated carbocycles. The summed E-state index contributed by atoms with van der Waals surface area (Å²) in [6.07, 6.45) is 1.80. The van der Waals surface area contributed by atoms with Gasteiger partial charge in [0.2, 0.25) is 0 Å². The molecule has 3 aromatic rings. The molecule has 0 aliphatic rings. The van der Waals surface area contributed by atoms with Crippen LogP contribution in [0, 0.1) is 0 Å². The van der Waals surface area contributed by atoms with Gasteiger partial charge < -0.3 is 9.15 Å². The molecular formula is C18H17NO3. The van der Waals surface area contributed by atoms with Crippen LogP contribution in [0.1, 0.15) is 24.5 Å². The molecule has 0 bridgehead atoms. The third-order valence-corrected chi connectivity index (χ3v) is 3.45. The zero-order chi connectivity index (χ0) is 15.4. The van der Waals surface area contributed by atoms with Crippen molar-refractivity contribution >= 4 is 10.9 Å². The molecule has 22 heavy (non-hydrogen) atoms. The lowest BCUT2D eigenvalue weighted by molar-refractivity contribution is 0.207. The summed E-state index contributed by atoms with van der Waals surface area (Å²) in [7, 11) is 0. The minimum Gasteiger partial charge on any atom is -0.445 e. The van der Waals surface area contributed by atoms with E-state index in [1.165, 1.54) is 0 Å². The van der Waals surface area contributed by atoms with Crippen molar-refractivity contribution in [3.05, 3.63) is 70.1 Å². The second kappa shape index (κ2) is 6.43.